The van der Waals surface area contributed by atoms with Crippen LogP contribution in [0.2, 0.25) is 15.1 Å². The minimum Gasteiger partial charge on any atom is -0.489 e. The van der Waals surface area contributed by atoms with Crippen LogP contribution in [0.4, 0.5) is 10.1 Å². The molecule has 1 aliphatic heterocycles. The number of nitrogens with zero attached hydrogens (tertiary/aromatic N) is 1. The molecular formula is C19H17Cl3FNO3. The summed E-state index contributed by atoms with van der Waals surface area (Å²) in [6.45, 7) is 1.51. The van der Waals surface area contributed by atoms with Gasteiger partial charge in [-0.2, -0.15) is 0 Å². The van der Waals surface area contributed by atoms with Crippen LogP contribution in [-0.4, -0.2) is 32.3 Å². The van der Waals surface area contributed by atoms with Crippen LogP contribution in [0.15, 0.2) is 30.3 Å². The molecule has 0 saturated carbocycles. The number of halogens is 4. The highest BCUT2D eigenvalue weighted by molar-refractivity contribution is 6.42. The van der Waals surface area contributed by atoms with Crippen molar-refractivity contribution in [1.29, 1.82) is 0 Å². The van der Waals surface area contributed by atoms with Crippen molar-refractivity contribution in [2.45, 2.75) is 18.9 Å². The molecule has 8 heteroatoms. The number of carbonyl (C=O) groups excluding carboxylic acids is 1. The number of piperidine rings is 1. The van der Waals surface area contributed by atoms with Crippen molar-refractivity contribution in [3.63, 3.8) is 0 Å². The lowest BCUT2D eigenvalue weighted by Crippen LogP contribution is -2.38. The zero-order chi connectivity index (χ0) is 19.6. The smallest absolute Gasteiger partial charge is 0.340 e. The molecule has 4 nitrogen and oxygen atoms in total. The number of ether oxygens (including phenoxy) is 2. The molecule has 1 fully saturated rings. The minimum absolute atomic E-state index is 0.107. The van der Waals surface area contributed by atoms with Gasteiger partial charge in [0.05, 0.1) is 27.7 Å². The normalized spacial score (nSPS) is 14.9. The van der Waals surface area contributed by atoms with E-state index in [4.69, 9.17) is 39.5 Å². The third-order valence-electron chi connectivity index (χ3n) is 4.43. The third-order valence-corrected chi connectivity index (χ3v) is 5.47. The highest BCUT2D eigenvalue weighted by Gasteiger charge is 2.23. The highest BCUT2D eigenvalue weighted by atomic mass is 35.5. The predicted molar refractivity (Wildman–Crippen MR) is 105 cm³/mol. The fourth-order valence-electron chi connectivity index (χ4n) is 2.98. The van der Waals surface area contributed by atoms with Crippen molar-refractivity contribution >= 4 is 46.5 Å². The maximum absolute atomic E-state index is 14.1. The van der Waals surface area contributed by atoms with Crippen molar-refractivity contribution in [2.75, 3.05) is 25.1 Å². The van der Waals surface area contributed by atoms with E-state index in [1.54, 1.807) is 6.07 Å². The fraction of sp³-hybridized carbons (Fsp3) is 0.316. The second kappa shape index (κ2) is 8.55. The molecule has 2 aromatic carbocycles. The molecule has 1 heterocycles. The standard InChI is InChI=1S/C19H17Cl3FNO3/c1-26-19(25)13-9-16(22)18(10-17(13)23)27-12-4-6-24(7-5-12)11-2-3-14(20)15(21)8-11/h2-3,8-10,12H,4-7H2,1H3. The maximum Gasteiger partial charge on any atom is 0.340 e. The molecule has 0 atom stereocenters. The molecule has 0 unspecified atom stereocenters. The van der Waals surface area contributed by atoms with E-state index in [2.05, 4.69) is 9.64 Å². The lowest BCUT2D eigenvalue weighted by molar-refractivity contribution is 0.0595. The number of carbonyl (C=O) groups is 1. The summed E-state index contributed by atoms with van der Waals surface area (Å²) >= 11 is 18.2. The molecule has 0 aliphatic carbocycles. The summed E-state index contributed by atoms with van der Waals surface area (Å²) < 4.78 is 24.5. The molecular weight excluding hydrogens is 416 g/mol. The Balaban J connectivity index is 1.64. The summed E-state index contributed by atoms with van der Waals surface area (Å²) in [5, 5.41) is 1.20. The summed E-state index contributed by atoms with van der Waals surface area (Å²) in [7, 11) is 1.18. The Morgan fingerprint density at radius 1 is 1.07 bits per heavy atom. The van der Waals surface area contributed by atoms with Gasteiger partial charge in [-0.15, -0.1) is 0 Å². The number of anilines is 1. The minimum atomic E-state index is -0.782. The maximum atomic E-state index is 14.1. The van der Waals surface area contributed by atoms with Gasteiger partial charge in [0, 0.05) is 37.7 Å². The number of hydrogen-bond donors (Lipinski definition) is 0. The average molecular weight is 433 g/mol. The number of rotatable bonds is 4. The molecule has 0 spiro atoms. The molecule has 27 heavy (non-hydrogen) atoms. The second-order valence-electron chi connectivity index (χ2n) is 6.16. The summed E-state index contributed by atoms with van der Waals surface area (Å²) in [5.74, 6) is -1.29. The molecule has 0 aromatic heterocycles. The first-order chi connectivity index (χ1) is 12.9. The third kappa shape index (κ3) is 4.60. The summed E-state index contributed by atoms with van der Waals surface area (Å²) in [6.07, 6.45) is 1.36. The first-order valence-corrected chi connectivity index (χ1v) is 9.46. The van der Waals surface area contributed by atoms with Gasteiger partial charge in [0.15, 0.2) is 0 Å². The molecule has 1 aliphatic rings. The largest absolute Gasteiger partial charge is 0.489 e. The van der Waals surface area contributed by atoms with Crippen LogP contribution >= 0.6 is 34.8 Å². The van der Waals surface area contributed by atoms with E-state index >= 15 is 0 Å². The van der Waals surface area contributed by atoms with E-state index in [1.165, 1.54) is 13.2 Å². The Hall–Kier alpha value is -1.69. The Bertz CT molecular complexity index is 854. The van der Waals surface area contributed by atoms with Gasteiger partial charge in [-0.1, -0.05) is 34.8 Å². The van der Waals surface area contributed by atoms with Crippen LogP contribution in [0.25, 0.3) is 0 Å². The number of esters is 1. The first kappa shape index (κ1) is 20.1. The van der Waals surface area contributed by atoms with Crippen molar-refractivity contribution in [2.24, 2.45) is 0 Å². The van der Waals surface area contributed by atoms with Crippen molar-refractivity contribution in [1.82, 2.24) is 0 Å². The SMILES string of the molecule is COC(=O)c1cc(Cl)c(OC2CCN(c3ccc(Cl)c(Cl)c3)CC2)cc1F. The summed E-state index contributed by atoms with van der Waals surface area (Å²) in [5.41, 5.74) is 0.777. The predicted octanol–water partition coefficient (Wildman–Crippen LogP) is 5.62. The number of benzene rings is 2. The lowest BCUT2D eigenvalue weighted by Gasteiger charge is -2.34. The molecule has 0 radical (unpaired) electrons. The lowest BCUT2D eigenvalue weighted by atomic mass is 10.1. The fourth-order valence-corrected chi connectivity index (χ4v) is 3.48. The summed E-state index contributed by atoms with van der Waals surface area (Å²) in [4.78, 5) is 13.7. The zero-order valence-corrected chi connectivity index (χ0v) is 16.7. The van der Waals surface area contributed by atoms with E-state index in [0.29, 0.717) is 10.0 Å². The van der Waals surface area contributed by atoms with Gasteiger partial charge in [-0.25, -0.2) is 9.18 Å². The van der Waals surface area contributed by atoms with Crippen molar-refractivity contribution < 1.29 is 18.7 Å². The first-order valence-electron chi connectivity index (χ1n) is 8.33. The van der Waals surface area contributed by atoms with E-state index in [-0.39, 0.29) is 22.4 Å². The quantitative estimate of drug-likeness (QED) is 0.588. The van der Waals surface area contributed by atoms with Gasteiger partial charge >= 0.3 is 5.97 Å². The van der Waals surface area contributed by atoms with E-state index in [1.807, 2.05) is 12.1 Å². The molecule has 1 saturated heterocycles. The Morgan fingerprint density at radius 2 is 1.78 bits per heavy atom. The van der Waals surface area contributed by atoms with Gasteiger partial charge in [0.2, 0.25) is 0 Å². The molecule has 144 valence electrons. The highest BCUT2D eigenvalue weighted by Crippen LogP contribution is 2.32. The Kier molecular flexibility index (Phi) is 6.35. The van der Waals surface area contributed by atoms with Crippen molar-refractivity contribution in [3.8, 4) is 5.75 Å². The molecule has 3 rings (SSSR count). The van der Waals surface area contributed by atoms with Crippen LogP contribution in [-0.2, 0) is 4.74 Å². The van der Waals surface area contributed by atoms with Crippen LogP contribution in [0.1, 0.15) is 23.2 Å². The topological polar surface area (TPSA) is 38.8 Å². The van der Waals surface area contributed by atoms with Gasteiger partial charge in [-0.3, -0.25) is 0 Å². The molecule has 0 N–H and O–H groups in total. The Morgan fingerprint density at radius 3 is 2.41 bits per heavy atom. The Labute approximate surface area is 171 Å². The van der Waals surface area contributed by atoms with Crippen molar-refractivity contribution in [3.05, 3.63) is 56.8 Å². The number of methoxy groups -OCH3 is 1. The van der Waals surface area contributed by atoms with Gasteiger partial charge in [0.25, 0.3) is 0 Å². The van der Waals surface area contributed by atoms with Gasteiger partial charge < -0.3 is 14.4 Å². The van der Waals surface area contributed by atoms with Crippen LogP contribution < -0.4 is 9.64 Å². The van der Waals surface area contributed by atoms with Crippen LogP contribution in [0, 0.1) is 5.82 Å². The molecule has 0 amide bonds. The van der Waals surface area contributed by atoms with E-state index in [9.17, 15) is 9.18 Å². The van der Waals surface area contributed by atoms with Gasteiger partial charge in [-0.05, 0) is 24.3 Å². The monoisotopic (exact) mass is 431 g/mol. The van der Waals surface area contributed by atoms with Gasteiger partial charge in [0.1, 0.15) is 17.7 Å². The zero-order valence-electron chi connectivity index (χ0n) is 14.5. The summed E-state index contributed by atoms with van der Waals surface area (Å²) in [6, 6.07) is 7.88. The van der Waals surface area contributed by atoms with Crippen LogP contribution in [0.3, 0.4) is 0 Å². The second-order valence-corrected chi connectivity index (χ2v) is 7.38. The van der Waals surface area contributed by atoms with E-state index < -0.39 is 11.8 Å². The molecule has 2 aromatic rings. The number of hydrogen-bond acceptors (Lipinski definition) is 4. The molecule has 0 bridgehead atoms. The van der Waals surface area contributed by atoms with E-state index in [0.717, 1.165) is 37.7 Å². The average Bonchev–Trinajstić information content (AvgIpc) is 2.66. The van der Waals surface area contributed by atoms with Crippen LogP contribution in [0.5, 0.6) is 5.75 Å².